The predicted molar refractivity (Wildman–Crippen MR) is 71.7 cm³/mol. The molecule has 0 spiro atoms. The zero-order valence-electron chi connectivity index (χ0n) is 10.4. The molecule has 1 aliphatic rings. The van der Waals surface area contributed by atoms with E-state index in [1.165, 1.54) is 11.0 Å². The number of likely N-dealkylation sites (tertiary alicyclic amines) is 1. The molecule has 3 N–H and O–H groups in total. The lowest BCUT2D eigenvalue weighted by Gasteiger charge is -2.14. The standard InChI is InChI=1S/C13H12ClF2N3O/c14-10-7(15)1-2-8-9(10)11(16)12(18-8)13(20)19-4-3-6(17)5-19/h1-2,6,18H,3-5,17H2/t6-/m1/s1. The lowest BCUT2D eigenvalue weighted by Crippen LogP contribution is -2.32. The number of carbonyl (C=O) groups excluding carboxylic acids is 1. The summed E-state index contributed by atoms with van der Waals surface area (Å²) in [6, 6.07) is 2.39. The molecule has 0 aliphatic carbocycles. The fourth-order valence-electron chi connectivity index (χ4n) is 2.46. The van der Waals surface area contributed by atoms with Gasteiger partial charge in [0.05, 0.1) is 15.9 Å². The third-order valence-electron chi connectivity index (χ3n) is 3.52. The quantitative estimate of drug-likeness (QED) is 0.848. The molecule has 0 unspecified atom stereocenters. The Bertz CT molecular complexity index is 700. The number of nitrogens with zero attached hydrogens (tertiary/aromatic N) is 1. The molecule has 0 radical (unpaired) electrons. The monoisotopic (exact) mass is 299 g/mol. The minimum absolute atomic E-state index is 0.0904. The predicted octanol–water partition coefficient (Wildman–Crippen LogP) is 2.27. The zero-order valence-corrected chi connectivity index (χ0v) is 11.2. The Labute approximate surface area is 118 Å². The minimum Gasteiger partial charge on any atom is -0.348 e. The van der Waals surface area contributed by atoms with Crippen LogP contribution in [0.1, 0.15) is 16.9 Å². The van der Waals surface area contributed by atoms with Crippen LogP contribution in [-0.4, -0.2) is 34.9 Å². The Balaban J connectivity index is 2.06. The molecule has 1 fully saturated rings. The van der Waals surface area contributed by atoms with E-state index in [-0.39, 0.29) is 22.1 Å². The van der Waals surface area contributed by atoms with Crippen molar-refractivity contribution in [3.63, 3.8) is 0 Å². The first kappa shape index (κ1) is 13.3. The smallest absolute Gasteiger partial charge is 0.273 e. The third-order valence-corrected chi connectivity index (χ3v) is 3.89. The Hall–Kier alpha value is -1.66. The molecule has 0 saturated carbocycles. The van der Waals surface area contributed by atoms with Crippen molar-refractivity contribution >= 4 is 28.4 Å². The Morgan fingerprint density at radius 3 is 2.85 bits per heavy atom. The van der Waals surface area contributed by atoms with Crippen molar-refractivity contribution in [2.45, 2.75) is 12.5 Å². The molecule has 1 amide bonds. The van der Waals surface area contributed by atoms with Gasteiger partial charge in [-0.3, -0.25) is 4.79 Å². The van der Waals surface area contributed by atoms with E-state index >= 15 is 0 Å². The second kappa shape index (κ2) is 4.71. The van der Waals surface area contributed by atoms with E-state index in [4.69, 9.17) is 17.3 Å². The van der Waals surface area contributed by atoms with E-state index in [0.717, 1.165) is 6.07 Å². The maximum atomic E-state index is 14.3. The van der Waals surface area contributed by atoms with Crippen LogP contribution < -0.4 is 5.73 Å². The van der Waals surface area contributed by atoms with E-state index in [2.05, 4.69) is 4.98 Å². The van der Waals surface area contributed by atoms with Crippen LogP contribution in [0.15, 0.2) is 12.1 Å². The SMILES string of the molecule is N[C@@H]1CCN(C(=O)c2[nH]c3ccc(F)c(Cl)c3c2F)C1. The second-order valence-electron chi connectivity index (χ2n) is 4.90. The van der Waals surface area contributed by atoms with Gasteiger partial charge >= 0.3 is 0 Å². The normalized spacial score (nSPS) is 19.0. The first-order valence-corrected chi connectivity index (χ1v) is 6.57. The molecular weight excluding hydrogens is 288 g/mol. The molecule has 1 saturated heterocycles. The summed E-state index contributed by atoms with van der Waals surface area (Å²) < 4.78 is 27.7. The topological polar surface area (TPSA) is 62.1 Å². The van der Waals surface area contributed by atoms with E-state index in [1.807, 2.05) is 0 Å². The van der Waals surface area contributed by atoms with E-state index in [0.29, 0.717) is 25.0 Å². The second-order valence-corrected chi connectivity index (χ2v) is 5.28. The highest BCUT2D eigenvalue weighted by atomic mass is 35.5. The number of nitrogens with one attached hydrogen (secondary N) is 1. The van der Waals surface area contributed by atoms with Gasteiger partial charge in [-0.25, -0.2) is 8.78 Å². The van der Waals surface area contributed by atoms with E-state index in [9.17, 15) is 13.6 Å². The summed E-state index contributed by atoms with van der Waals surface area (Å²) in [5.41, 5.74) is 5.82. The number of H-pyrrole nitrogens is 1. The molecule has 1 aromatic carbocycles. The van der Waals surface area contributed by atoms with Crippen LogP contribution in [0.3, 0.4) is 0 Å². The van der Waals surface area contributed by atoms with Crippen molar-refractivity contribution < 1.29 is 13.6 Å². The van der Waals surface area contributed by atoms with Gasteiger partial charge in [0.25, 0.3) is 5.91 Å². The molecule has 0 bridgehead atoms. The minimum atomic E-state index is -0.824. The summed E-state index contributed by atoms with van der Waals surface area (Å²) in [5, 5.41) is -0.424. The third kappa shape index (κ3) is 1.96. The van der Waals surface area contributed by atoms with Gasteiger partial charge in [-0.1, -0.05) is 11.6 Å². The Kier molecular flexibility index (Phi) is 3.14. The number of carbonyl (C=O) groups is 1. The Morgan fingerprint density at radius 1 is 1.45 bits per heavy atom. The number of aromatic amines is 1. The van der Waals surface area contributed by atoms with Crippen LogP contribution in [0.4, 0.5) is 8.78 Å². The number of halogens is 3. The summed E-state index contributed by atoms with van der Waals surface area (Å²) in [7, 11) is 0. The molecule has 1 aromatic heterocycles. The van der Waals surface area contributed by atoms with E-state index in [1.54, 1.807) is 0 Å². The lowest BCUT2D eigenvalue weighted by molar-refractivity contribution is 0.0781. The molecule has 106 valence electrons. The summed E-state index contributed by atoms with van der Waals surface area (Å²) in [6.45, 7) is 0.868. The highest BCUT2D eigenvalue weighted by Crippen LogP contribution is 2.31. The van der Waals surface area contributed by atoms with Crippen LogP contribution in [0, 0.1) is 11.6 Å². The van der Waals surface area contributed by atoms with Crippen molar-refractivity contribution in [3.8, 4) is 0 Å². The number of fused-ring (bicyclic) bond motifs is 1. The number of benzene rings is 1. The Morgan fingerprint density at radius 2 is 2.20 bits per heavy atom. The lowest BCUT2D eigenvalue weighted by atomic mass is 10.2. The van der Waals surface area contributed by atoms with Crippen LogP contribution in [0.5, 0.6) is 0 Å². The van der Waals surface area contributed by atoms with Gasteiger partial charge in [-0.05, 0) is 18.6 Å². The van der Waals surface area contributed by atoms with Gasteiger partial charge < -0.3 is 15.6 Å². The molecule has 7 heteroatoms. The number of amides is 1. The number of nitrogens with two attached hydrogens (primary N) is 1. The fraction of sp³-hybridized carbons (Fsp3) is 0.308. The molecule has 1 atom stereocenters. The molecule has 20 heavy (non-hydrogen) atoms. The largest absolute Gasteiger partial charge is 0.348 e. The first-order chi connectivity index (χ1) is 9.49. The molecule has 2 aromatic rings. The summed E-state index contributed by atoms with van der Waals surface area (Å²) in [6.07, 6.45) is 0.684. The van der Waals surface area contributed by atoms with Gasteiger partial charge in [0.15, 0.2) is 5.82 Å². The van der Waals surface area contributed by atoms with Gasteiger partial charge in [-0.2, -0.15) is 0 Å². The van der Waals surface area contributed by atoms with Crippen molar-refractivity contribution in [1.29, 1.82) is 0 Å². The van der Waals surface area contributed by atoms with Crippen LogP contribution >= 0.6 is 11.6 Å². The highest BCUT2D eigenvalue weighted by Gasteiger charge is 2.29. The maximum absolute atomic E-state index is 14.3. The maximum Gasteiger partial charge on any atom is 0.273 e. The summed E-state index contributed by atoms with van der Waals surface area (Å²) in [5.74, 6) is -2.03. The highest BCUT2D eigenvalue weighted by molar-refractivity contribution is 6.35. The average molecular weight is 300 g/mol. The number of hydrogen-bond donors (Lipinski definition) is 2. The molecule has 2 heterocycles. The molecule has 1 aliphatic heterocycles. The number of aromatic nitrogens is 1. The number of rotatable bonds is 1. The van der Waals surface area contributed by atoms with Crippen LogP contribution in [0.25, 0.3) is 10.9 Å². The summed E-state index contributed by atoms with van der Waals surface area (Å²) >= 11 is 5.75. The van der Waals surface area contributed by atoms with Crippen molar-refractivity contribution in [2.24, 2.45) is 5.73 Å². The van der Waals surface area contributed by atoms with Crippen molar-refractivity contribution in [3.05, 3.63) is 34.5 Å². The van der Waals surface area contributed by atoms with Gasteiger partial charge in [-0.15, -0.1) is 0 Å². The molecular formula is C13H12ClF2N3O. The first-order valence-electron chi connectivity index (χ1n) is 6.19. The van der Waals surface area contributed by atoms with E-state index < -0.39 is 17.5 Å². The number of hydrogen-bond acceptors (Lipinski definition) is 2. The molecule has 4 nitrogen and oxygen atoms in total. The van der Waals surface area contributed by atoms with Gasteiger partial charge in [0.1, 0.15) is 11.5 Å². The van der Waals surface area contributed by atoms with Crippen LogP contribution in [-0.2, 0) is 0 Å². The van der Waals surface area contributed by atoms with Gasteiger partial charge in [0.2, 0.25) is 0 Å². The van der Waals surface area contributed by atoms with Crippen LogP contribution in [0.2, 0.25) is 5.02 Å². The summed E-state index contributed by atoms with van der Waals surface area (Å²) in [4.78, 5) is 16.4. The van der Waals surface area contributed by atoms with Crippen molar-refractivity contribution in [2.75, 3.05) is 13.1 Å². The average Bonchev–Trinajstić information content (AvgIpc) is 2.98. The van der Waals surface area contributed by atoms with Crippen molar-refractivity contribution in [1.82, 2.24) is 9.88 Å². The van der Waals surface area contributed by atoms with Gasteiger partial charge in [0, 0.05) is 19.1 Å². The molecule has 3 rings (SSSR count). The zero-order chi connectivity index (χ0) is 14.4. The fourth-order valence-corrected chi connectivity index (χ4v) is 2.71.